The summed E-state index contributed by atoms with van der Waals surface area (Å²) in [4.78, 5) is 25.7. The summed E-state index contributed by atoms with van der Waals surface area (Å²) in [5.74, 6) is -0.173. The summed E-state index contributed by atoms with van der Waals surface area (Å²) >= 11 is 0. The second-order valence-corrected chi connectivity index (χ2v) is 5.00. The monoisotopic (exact) mass is 271 g/mol. The molecule has 0 bridgehead atoms. The molecule has 0 aromatic heterocycles. The minimum Gasteiger partial charge on any atom is -0.377 e. The van der Waals surface area contributed by atoms with Gasteiger partial charge in [-0.2, -0.15) is 0 Å². The lowest BCUT2D eigenvalue weighted by Crippen LogP contribution is -2.57. The lowest BCUT2D eigenvalue weighted by Gasteiger charge is -2.34. The number of carbonyl (C=O) groups is 2. The number of hydrogen-bond acceptors (Lipinski definition) is 4. The van der Waals surface area contributed by atoms with E-state index in [-0.39, 0.29) is 31.0 Å². The van der Waals surface area contributed by atoms with Crippen molar-refractivity contribution in [3.8, 4) is 0 Å². The molecule has 1 heterocycles. The SMILES string of the molecule is CCCNC(=O)C1COCCN1C(=O)CNC(C)C. The standard InChI is InChI=1S/C13H25N3O3/c1-4-5-14-13(18)11-9-19-7-6-16(11)12(17)8-15-10(2)3/h10-11,15H,4-9H2,1-3H3,(H,14,18). The van der Waals surface area contributed by atoms with Crippen LogP contribution in [0, 0.1) is 0 Å². The number of rotatable bonds is 6. The summed E-state index contributed by atoms with van der Waals surface area (Å²) in [5, 5.41) is 5.90. The van der Waals surface area contributed by atoms with E-state index < -0.39 is 6.04 Å². The highest BCUT2D eigenvalue weighted by Crippen LogP contribution is 2.07. The largest absolute Gasteiger partial charge is 0.377 e. The van der Waals surface area contributed by atoms with Crippen LogP contribution in [0.3, 0.4) is 0 Å². The van der Waals surface area contributed by atoms with Gasteiger partial charge in [0.1, 0.15) is 6.04 Å². The molecule has 1 fully saturated rings. The molecule has 1 unspecified atom stereocenters. The molecule has 1 aliphatic rings. The molecule has 0 spiro atoms. The molecular formula is C13H25N3O3. The van der Waals surface area contributed by atoms with Gasteiger partial charge in [0.15, 0.2) is 0 Å². The molecule has 2 amide bonds. The van der Waals surface area contributed by atoms with Crippen molar-refractivity contribution in [2.75, 3.05) is 32.8 Å². The van der Waals surface area contributed by atoms with E-state index in [1.165, 1.54) is 0 Å². The Bertz CT molecular complexity index is 308. The Balaban J connectivity index is 2.56. The molecule has 0 radical (unpaired) electrons. The first-order valence-corrected chi connectivity index (χ1v) is 6.94. The van der Waals surface area contributed by atoms with Crippen LogP contribution in [0.4, 0.5) is 0 Å². The average molecular weight is 271 g/mol. The van der Waals surface area contributed by atoms with Gasteiger partial charge in [-0.25, -0.2) is 0 Å². The van der Waals surface area contributed by atoms with Gasteiger partial charge in [0, 0.05) is 19.1 Å². The number of amides is 2. The number of ether oxygens (including phenoxy) is 1. The van der Waals surface area contributed by atoms with Gasteiger partial charge in [0.05, 0.1) is 19.8 Å². The van der Waals surface area contributed by atoms with Crippen LogP contribution in [-0.2, 0) is 14.3 Å². The molecule has 1 rings (SSSR count). The third-order valence-corrected chi connectivity index (χ3v) is 2.96. The van der Waals surface area contributed by atoms with Crippen LogP contribution >= 0.6 is 0 Å². The quantitative estimate of drug-likeness (QED) is 0.698. The zero-order chi connectivity index (χ0) is 14.3. The summed E-state index contributed by atoms with van der Waals surface area (Å²) in [6.07, 6.45) is 0.877. The Labute approximate surface area is 114 Å². The Kier molecular flexibility index (Phi) is 6.80. The summed E-state index contributed by atoms with van der Waals surface area (Å²) in [5.41, 5.74) is 0. The van der Waals surface area contributed by atoms with Crippen LogP contribution in [-0.4, -0.2) is 61.6 Å². The number of hydrogen-bond donors (Lipinski definition) is 2. The van der Waals surface area contributed by atoms with Gasteiger partial charge < -0.3 is 20.3 Å². The van der Waals surface area contributed by atoms with Gasteiger partial charge in [-0.1, -0.05) is 20.8 Å². The van der Waals surface area contributed by atoms with Gasteiger partial charge in [-0.05, 0) is 6.42 Å². The molecule has 6 nitrogen and oxygen atoms in total. The molecule has 2 N–H and O–H groups in total. The fourth-order valence-electron chi connectivity index (χ4n) is 1.88. The van der Waals surface area contributed by atoms with Crippen molar-refractivity contribution in [1.82, 2.24) is 15.5 Å². The maximum Gasteiger partial charge on any atom is 0.245 e. The first kappa shape index (κ1) is 15.9. The fraction of sp³-hybridized carbons (Fsp3) is 0.846. The van der Waals surface area contributed by atoms with Crippen molar-refractivity contribution in [3.63, 3.8) is 0 Å². The van der Waals surface area contributed by atoms with Crippen molar-refractivity contribution in [2.45, 2.75) is 39.3 Å². The molecule has 110 valence electrons. The molecule has 1 saturated heterocycles. The van der Waals surface area contributed by atoms with E-state index in [1.54, 1.807) is 4.90 Å². The van der Waals surface area contributed by atoms with Crippen LogP contribution in [0.5, 0.6) is 0 Å². The topological polar surface area (TPSA) is 70.7 Å². The Morgan fingerprint density at radius 2 is 2.16 bits per heavy atom. The maximum absolute atomic E-state index is 12.1. The van der Waals surface area contributed by atoms with Crippen molar-refractivity contribution in [1.29, 1.82) is 0 Å². The minimum absolute atomic E-state index is 0.0475. The van der Waals surface area contributed by atoms with E-state index in [2.05, 4.69) is 10.6 Å². The van der Waals surface area contributed by atoms with E-state index in [9.17, 15) is 9.59 Å². The highest BCUT2D eigenvalue weighted by Gasteiger charge is 2.32. The first-order chi connectivity index (χ1) is 9.06. The highest BCUT2D eigenvalue weighted by molar-refractivity contribution is 5.88. The second-order valence-electron chi connectivity index (χ2n) is 5.00. The van der Waals surface area contributed by atoms with Gasteiger partial charge in [-0.15, -0.1) is 0 Å². The zero-order valence-corrected chi connectivity index (χ0v) is 12.1. The third kappa shape index (κ3) is 5.16. The molecular weight excluding hydrogens is 246 g/mol. The first-order valence-electron chi connectivity index (χ1n) is 6.94. The van der Waals surface area contributed by atoms with Gasteiger partial charge in [0.2, 0.25) is 11.8 Å². The number of morpholine rings is 1. The molecule has 1 aliphatic heterocycles. The van der Waals surface area contributed by atoms with E-state index in [1.807, 2.05) is 20.8 Å². The average Bonchev–Trinajstić information content (AvgIpc) is 2.42. The van der Waals surface area contributed by atoms with Crippen molar-refractivity contribution >= 4 is 11.8 Å². The molecule has 0 aromatic carbocycles. The number of nitrogens with one attached hydrogen (secondary N) is 2. The smallest absolute Gasteiger partial charge is 0.245 e. The maximum atomic E-state index is 12.1. The Hall–Kier alpha value is -1.14. The molecule has 0 aromatic rings. The van der Waals surface area contributed by atoms with Crippen LogP contribution in [0.15, 0.2) is 0 Å². The van der Waals surface area contributed by atoms with E-state index in [4.69, 9.17) is 4.74 Å². The van der Waals surface area contributed by atoms with Gasteiger partial charge >= 0.3 is 0 Å². The number of carbonyl (C=O) groups excluding carboxylic acids is 2. The fourth-order valence-corrected chi connectivity index (χ4v) is 1.88. The minimum atomic E-state index is -0.498. The van der Waals surface area contributed by atoms with Crippen molar-refractivity contribution in [2.24, 2.45) is 0 Å². The van der Waals surface area contributed by atoms with E-state index in [0.29, 0.717) is 19.7 Å². The Morgan fingerprint density at radius 3 is 2.79 bits per heavy atom. The summed E-state index contributed by atoms with van der Waals surface area (Å²) in [6.45, 7) is 8.09. The summed E-state index contributed by atoms with van der Waals surface area (Å²) in [6, 6.07) is -0.251. The molecule has 19 heavy (non-hydrogen) atoms. The lowest BCUT2D eigenvalue weighted by atomic mass is 10.2. The van der Waals surface area contributed by atoms with Gasteiger partial charge in [0.25, 0.3) is 0 Å². The highest BCUT2D eigenvalue weighted by atomic mass is 16.5. The second kappa shape index (κ2) is 8.12. The van der Waals surface area contributed by atoms with Crippen molar-refractivity contribution in [3.05, 3.63) is 0 Å². The van der Waals surface area contributed by atoms with Crippen molar-refractivity contribution < 1.29 is 14.3 Å². The van der Waals surface area contributed by atoms with Crippen LogP contribution in [0.1, 0.15) is 27.2 Å². The molecule has 0 saturated carbocycles. The van der Waals surface area contributed by atoms with Crippen LogP contribution < -0.4 is 10.6 Å². The van der Waals surface area contributed by atoms with Crippen LogP contribution in [0.2, 0.25) is 0 Å². The lowest BCUT2D eigenvalue weighted by molar-refractivity contribution is -0.147. The zero-order valence-electron chi connectivity index (χ0n) is 12.1. The predicted octanol–water partition coefficient (Wildman–Crippen LogP) is -0.262. The Morgan fingerprint density at radius 1 is 1.42 bits per heavy atom. The third-order valence-electron chi connectivity index (χ3n) is 2.96. The normalized spacial score (nSPS) is 19.6. The number of nitrogens with zero attached hydrogens (tertiary/aromatic N) is 1. The molecule has 6 heteroatoms. The van der Waals surface area contributed by atoms with E-state index in [0.717, 1.165) is 6.42 Å². The molecule has 1 atom stereocenters. The molecule has 0 aliphatic carbocycles. The van der Waals surface area contributed by atoms with E-state index >= 15 is 0 Å². The summed E-state index contributed by atoms with van der Waals surface area (Å²) < 4.78 is 5.31. The predicted molar refractivity (Wildman–Crippen MR) is 72.8 cm³/mol. The van der Waals surface area contributed by atoms with Crippen LogP contribution in [0.25, 0.3) is 0 Å². The summed E-state index contributed by atoms with van der Waals surface area (Å²) in [7, 11) is 0. The van der Waals surface area contributed by atoms with Gasteiger partial charge in [-0.3, -0.25) is 9.59 Å².